The van der Waals surface area contributed by atoms with E-state index >= 15 is 0 Å². The molecule has 0 saturated heterocycles. The van der Waals surface area contributed by atoms with E-state index in [0.29, 0.717) is 6.54 Å². The normalized spacial score (nSPS) is 18.2. The van der Waals surface area contributed by atoms with Gasteiger partial charge < -0.3 is 10.2 Å². The SMILES string of the molecule is CC1NCc2ccccc2N(CCc2ccncc2)C1=O. The molecule has 1 aromatic carbocycles. The molecule has 1 aliphatic heterocycles. The lowest BCUT2D eigenvalue weighted by Gasteiger charge is -2.24. The summed E-state index contributed by atoms with van der Waals surface area (Å²) in [7, 11) is 0. The Morgan fingerprint density at radius 1 is 1.24 bits per heavy atom. The number of nitrogens with zero attached hydrogens (tertiary/aromatic N) is 2. The number of aromatic nitrogens is 1. The lowest BCUT2D eigenvalue weighted by molar-refractivity contribution is -0.120. The summed E-state index contributed by atoms with van der Waals surface area (Å²) in [6.07, 6.45) is 4.41. The molecule has 3 rings (SSSR count). The molecule has 2 aromatic rings. The Kier molecular flexibility index (Phi) is 3.97. The molecule has 21 heavy (non-hydrogen) atoms. The fraction of sp³-hybridized carbons (Fsp3) is 0.294. The molecule has 1 atom stereocenters. The zero-order valence-corrected chi connectivity index (χ0v) is 12.1. The van der Waals surface area contributed by atoms with Crippen molar-refractivity contribution < 1.29 is 4.79 Å². The number of para-hydroxylation sites is 1. The largest absolute Gasteiger partial charge is 0.310 e. The maximum atomic E-state index is 12.6. The quantitative estimate of drug-likeness (QED) is 0.937. The Bertz CT molecular complexity index is 627. The van der Waals surface area contributed by atoms with E-state index in [1.807, 2.05) is 42.2 Å². The van der Waals surface area contributed by atoms with Gasteiger partial charge in [-0.3, -0.25) is 9.78 Å². The number of pyridine rings is 1. The van der Waals surface area contributed by atoms with Crippen LogP contribution in [-0.4, -0.2) is 23.5 Å². The summed E-state index contributed by atoms with van der Waals surface area (Å²) in [5, 5.41) is 3.28. The Labute approximate surface area is 124 Å². The fourth-order valence-electron chi connectivity index (χ4n) is 2.65. The molecule has 1 aliphatic rings. The highest BCUT2D eigenvalue weighted by Gasteiger charge is 2.26. The number of carbonyl (C=O) groups excluding carboxylic acids is 1. The number of benzene rings is 1. The van der Waals surface area contributed by atoms with Gasteiger partial charge >= 0.3 is 0 Å². The first-order chi connectivity index (χ1) is 10.3. The van der Waals surface area contributed by atoms with Gasteiger partial charge in [-0.1, -0.05) is 18.2 Å². The van der Waals surface area contributed by atoms with Gasteiger partial charge in [-0.2, -0.15) is 0 Å². The topological polar surface area (TPSA) is 45.2 Å². The predicted octanol–water partition coefficient (Wildman–Crippen LogP) is 2.15. The lowest BCUT2D eigenvalue weighted by atomic mass is 10.1. The van der Waals surface area contributed by atoms with Crippen LogP contribution < -0.4 is 10.2 Å². The molecule has 0 bridgehead atoms. The second-order valence-electron chi connectivity index (χ2n) is 5.33. The maximum absolute atomic E-state index is 12.6. The Morgan fingerprint density at radius 2 is 2.00 bits per heavy atom. The van der Waals surface area contributed by atoms with Crippen LogP contribution in [0.3, 0.4) is 0 Å². The molecule has 1 aromatic heterocycles. The Morgan fingerprint density at radius 3 is 2.81 bits per heavy atom. The van der Waals surface area contributed by atoms with Crippen molar-refractivity contribution in [3.63, 3.8) is 0 Å². The van der Waals surface area contributed by atoms with Crippen molar-refractivity contribution in [3.8, 4) is 0 Å². The molecule has 2 heterocycles. The number of amides is 1. The Hall–Kier alpha value is -2.20. The van der Waals surface area contributed by atoms with Crippen LogP contribution in [0.2, 0.25) is 0 Å². The number of anilines is 1. The van der Waals surface area contributed by atoms with Crippen molar-refractivity contribution in [1.82, 2.24) is 10.3 Å². The van der Waals surface area contributed by atoms with Crippen molar-refractivity contribution in [3.05, 3.63) is 59.9 Å². The van der Waals surface area contributed by atoms with E-state index in [4.69, 9.17) is 0 Å². The Balaban J connectivity index is 1.85. The minimum atomic E-state index is -0.158. The van der Waals surface area contributed by atoms with Crippen LogP contribution in [0, 0.1) is 0 Å². The molecule has 0 fully saturated rings. The number of fused-ring (bicyclic) bond motifs is 1. The van der Waals surface area contributed by atoms with Crippen LogP contribution in [0.4, 0.5) is 5.69 Å². The summed E-state index contributed by atoms with van der Waals surface area (Å²) in [5.74, 6) is 0.133. The van der Waals surface area contributed by atoms with Crippen molar-refractivity contribution >= 4 is 11.6 Å². The van der Waals surface area contributed by atoms with Gasteiger partial charge in [-0.05, 0) is 42.7 Å². The zero-order chi connectivity index (χ0) is 14.7. The van der Waals surface area contributed by atoms with Crippen LogP contribution in [0.1, 0.15) is 18.1 Å². The second kappa shape index (κ2) is 6.06. The van der Waals surface area contributed by atoms with E-state index < -0.39 is 0 Å². The van der Waals surface area contributed by atoms with Gasteiger partial charge in [0.1, 0.15) is 0 Å². The van der Waals surface area contributed by atoms with Crippen LogP contribution in [0.15, 0.2) is 48.8 Å². The highest BCUT2D eigenvalue weighted by molar-refractivity contribution is 5.98. The molecule has 0 aliphatic carbocycles. The first kappa shape index (κ1) is 13.8. The molecule has 0 radical (unpaired) electrons. The van der Waals surface area contributed by atoms with Crippen molar-refractivity contribution in [2.45, 2.75) is 25.9 Å². The van der Waals surface area contributed by atoms with Crippen LogP contribution in [0.25, 0.3) is 0 Å². The highest BCUT2D eigenvalue weighted by atomic mass is 16.2. The third kappa shape index (κ3) is 2.95. The summed E-state index contributed by atoms with van der Waals surface area (Å²) >= 11 is 0. The minimum absolute atomic E-state index is 0.133. The lowest BCUT2D eigenvalue weighted by Crippen LogP contribution is -2.43. The summed E-state index contributed by atoms with van der Waals surface area (Å²) in [6, 6.07) is 11.9. The first-order valence-electron chi connectivity index (χ1n) is 7.27. The van der Waals surface area contributed by atoms with E-state index in [-0.39, 0.29) is 11.9 Å². The van der Waals surface area contributed by atoms with Gasteiger partial charge in [0.2, 0.25) is 5.91 Å². The standard InChI is InChI=1S/C17H19N3O/c1-13-17(21)20(11-8-14-6-9-18-10-7-14)16-5-3-2-4-15(16)12-19-13/h2-7,9-10,13,19H,8,11-12H2,1H3. The number of nitrogens with one attached hydrogen (secondary N) is 1. The monoisotopic (exact) mass is 281 g/mol. The van der Waals surface area contributed by atoms with Crippen molar-refractivity contribution in [2.75, 3.05) is 11.4 Å². The third-order valence-electron chi connectivity index (χ3n) is 3.89. The van der Waals surface area contributed by atoms with E-state index in [9.17, 15) is 4.79 Å². The fourth-order valence-corrected chi connectivity index (χ4v) is 2.65. The van der Waals surface area contributed by atoms with E-state index in [1.54, 1.807) is 12.4 Å². The van der Waals surface area contributed by atoms with Crippen LogP contribution in [0.5, 0.6) is 0 Å². The van der Waals surface area contributed by atoms with Gasteiger partial charge in [0.15, 0.2) is 0 Å². The molecular weight excluding hydrogens is 262 g/mol. The minimum Gasteiger partial charge on any atom is -0.310 e. The third-order valence-corrected chi connectivity index (χ3v) is 3.89. The molecular formula is C17H19N3O. The predicted molar refractivity (Wildman–Crippen MR) is 83.0 cm³/mol. The molecule has 1 unspecified atom stereocenters. The number of hydrogen-bond donors (Lipinski definition) is 1. The van der Waals surface area contributed by atoms with Gasteiger partial charge in [0.05, 0.1) is 6.04 Å². The van der Waals surface area contributed by atoms with Crippen molar-refractivity contribution in [1.29, 1.82) is 0 Å². The number of rotatable bonds is 3. The van der Waals surface area contributed by atoms with Gasteiger partial charge in [-0.15, -0.1) is 0 Å². The summed E-state index contributed by atoms with van der Waals surface area (Å²) in [5.41, 5.74) is 3.39. The zero-order valence-electron chi connectivity index (χ0n) is 12.1. The van der Waals surface area contributed by atoms with Crippen LogP contribution in [-0.2, 0) is 17.8 Å². The van der Waals surface area contributed by atoms with Gasteiger partial charge in [-0.25, -0.2) is 0 Å². The van der Waals surface area contributed by atoms with Gasteiger partial charge in [0.25, 0.3) is 0 Å². The highest BCUT2D eigenvalue weighted by Crippen LogP contribution is 2.24. The first-order valence-corrected chi connectivity index (χ1v) is 7.27. The summed E-state index contributed by atoms with van der Waals surface area (Å²) < 4.78 is 0. The van der Waals surface area contributed by atoms with Gasteiger partial charge in [0, 0.05) is 31.2 Å². The van der Waals surface area contributed by atoms with E-state index in [1.165, 1.54) is 11.1 Å². The van der Waals surface area contributed by atoms with Crippen molar-refractivity contribution in [2.24, 2.45) is 0 Å². The number of carbonyl (C=O) groups is 1. The maximum Gasteiger partial charge on any atom is 0.243 e. The molecule has 1 N–H and O–H groups in total. The second-order valence-corrected chi connectivity index (χ2v) is 5.33. The van der Waals surface area contributed by atoms with E-state index in [0.717, 1.165) is 18.7 Å². The molecule has 0 saturated carbocycles. The number of hydrogen-bond acceptors (Lipinski definition) is 3. The molecule has 108 valence electrons. The smallest absolute Gasteiger partial charge is 0.243 e. The summed E-state index contributed by atoms with van der Waals surface area (Å²) in [6.45, 7) is 3.34. The molecule has 1 amide bonds. The van der Waals surface area contributed by atoms with E-state index in [2.05, 4.69) is 16.4 Å². The van der Waals surface area contributed by atoms with Crippen LogP contribution >= 0.6 is 0 Å². The molecule has 4 heteroatoms. The molecule has 4 nitrogen and oxygen atoms in total. The molecule has 0 spiro atoms. The average Bonchev–Trinajstić information content (AvgIpc) is 2.65. The summed E-state index contributed by atoms with van der Waals surface area (Å²) in [4.78, 5) is 18.5. The average molecular weight is 281 g/mol.